The minimum absolute atomic E-state index is 0.0612. The van der Waals surface area contributed by atoms with E-state index in [1.54, 1.807) is 0 Å². The van der Waals surface area contributed by atoms with Gasteiger partial charge in [-0.1, -0.05) is 0 Å². The van der Waals surface area contributed by atoms with E-state index in [1.807, 2.05) is 0 Å². The van der Waals surface area contributed by atoms with Gasteiger partial charge in [0.05, 0.1) is 13.9 Å². The second kappa shape index (κ2) is 5.40. The number of carbonyl (C=O) groups is 1. The molecule has 0 unspecified atom stereocenters. The number of nitrogens with zero attached hydrogens (tertiary/aromatic N) is 1. The zero-order valence-corrected chi connectivity index (χ0v) is 11.4. The molecule has 0 aliphatic rings. The normalized spacial score (nSPS) is 9.94. The van der Waals surface area contributed by atoms with Crippen molar-refractivity contribution in [3.05, 3.63) is 31.2 Å². The molecule has 0 amide bonds. The van der Waals surface area contributed by atoms with Gasteiger partial charge in [0.1, 0.15) is 12.4 Å². The smallest absolute Gasteiger partial charge is 0.271 e. The number of nitro benzene ring substituents is 1. The molecule has 0 atom stereocenters. The lowest BCUT2D eigenvalue weighted by Crippen LogP contribution is -2.07. The fourth-order valence-corrected chi connectivity index (χ4v) is 2.35. The van der Waals surface area contributed by atoms with Crippen LogP contribution in [0.15, 0.2) is 21.1 Å². The van der Waals surface area contributed by atoms with E-state index in [1.165, 1.54) is 19.1 Å². The number of hydrogen-bond donors (Lipinski definition) is 0. The van der Waals surface area contributed by atoms with Crippen LogP contribution in [-0.4, -0.2) is 17.3 Å². The molecule has 0 radical (unpaired) electrons. The van der Waals surface area contributed by atoms with E-state index >= 15 is 0 Å². The lowest BCUT2D eigenvalue weighted by molar-refractivity contribution is -0.385. The summed E-state index contributed by atoms with van der Waals surface area (Å²) in [5.74, 6) is 0.248. The van der Waals surface area contributed by atoms with Crippen molar-refractivity contribution in [1.82, 2.24) is 0 Å². The highest BCUT2D eigenvalue weighted by atomic mass is 79.9. The Morgan fingerprint density at radius 1 is 1.44 bits per heavy atom. The first-order valence-corrected chi connectivity index (χ1v) is 5.76. The Labute approximate surface area is 108 Å². The van der Waals surface area contributed by atoms with Crippen molar-refractivity contribution in [1.29, 1.82) is 0 Å². The number of carbonyl (C=O) groups excluding carboxylic acids is 1. The quantitative estimate of drug-likeness (QED) is 0.616. The molecule has 1 aromatic carbocycles. The molecule has 0 aliphatic heterocycles. The van der Waals surface area contributed by atoms with Gasteiger partial charge in [-0.25, -0.2) is 0 Å². The van der Waals surface area contributed by atoms with E-state index in [9.17, 15) is 14.9 Å². The van der Waals surface area contributed by atoms with Crippen molar-refractivity contribution in [2.24, 2.45) is 0 Å². The van der Waals surface area contributed by atoms with Crippen LogP contribution in [-0.2, 0) is 4.79 Å². The van der Waals surface area contributed by atoms with Crippen LogP contribution >= 0.6 is 31.9 Å². The molecule has 86 valence electrons. The molecule has 0 heterocycles. The van der Waals surface area contributed by atoms with Crippen LogP contribution in [0.3, 0.4) is 0 Å². The zero-order chi connectivity index (χ0) is 12.3. The first kappa shape index (κ1) is 13.1. The number of ether oxygens (including phenoxy) is 1. The summed E-state index contributed by atoms with van der Waals surface area (Å²) in [5.41, 5.74) is -0.0612. The molecule has 1 aromatic rings. The molecular formula is C9H7Br2NO4. The summed E-state index contributed by atoms with van der Waals surface area (Å²) in [6, 6.07) is 2.64. The van der Waals surface area contributed by atoms with E-state index in [4.69, 9.17) is 4.74 Å². The van der Waals surface area contributed by atoms with E-state index < -0.39 is 4.92 Å². The molecule has 0 N–H and O–H groups in total. The third-order valence-electron chi connectivity index (χ3n) is 1.61. The number of benzene rings is 1. The number of halogens is 2. The highest BCUT2D eigenvalue weighted by Gasteiger charge is 2.15. The number of Topliss-reactive ketones (excluding diaryl/α,β-unsaturated/α-hetero) is 1. The molecule has 0 saturated heterocycles. The van der Waals surface area contributed by atoms with Crippen molar-refractivity contribution in [2.75, 3.05) is 6.61 Å². The summed E-state index contributed by atoms with van der Waals surface area (Å²) in [4.78, 5) is 20.8. The second-order valence-corrected chi connectivity index (χ2v) is 4.70. The Bertz CT molecular complexity index is 424. The third kappa shape index (κ3) is 3.28. The number of non-ortho nitro benzene ring substituents is 1. The minimum atomic E-state index is -0.510. The number of ketones is 1. The van der Waals surface area contributed by atoms with Crippen molar-refractivity contribution in [3.63, 3.8) is 0 Å². The van der Waals surface area contributed by atoms with Gasteiger partial charge in [-0.2, -0.15) is 0 Å². The first-order chi connectivity index (χ1) is 7.41. The maximum atomic E-state index is 10.8. The Morgan fingerprint density at radius 3 is 2.31 bits per heavy atom. The molecule has 5 nitrogen and oxygen atoms in total. The van der Waals surface area contributed by atoms with Crippen LogP contribution in [0.25, 0.3) is 0 Å². The van der Waals surface area contributed by atoms with Gasteiger partial charge in [-0.15, -0.1) is 0 Å². The molecule has 1 rings (SSSR count). The maximum Gasteiger partial charge on any atom is 0.271 e. The van der Waals surface area contributed by atoms with Gasteiger partial charge >= 0.3 is 0 Å². The van der Waals surface area contributed by atoms with Gasteiger partial charge in [-0.3, -0.25) is 14.9 Å². The van der Waals surface area contributed by atoms with E-state index in [-0.39, 0.29) is 18.1 Å². The average Bonchev–Trinajstić information content (AvgIpc) is 2.15. The topological polar surface area (TPSA) is 69.4 Å². The summed E-state index contributed by atoms with van der Waals surface area (Å²) in [6.07, 6.45) is 0. The van der Waals surface area contributed by atoms with Gasteiger partial charge in [0.25, 0.3) is 5.69 Å². The van der Waals surface area contributed by atoms with E-state index in [0.717, 1.165) is 0 Å². The lowest BCUT2D eigenvalue weighted by atomic mass is 10.3. The van der Waals surface area contributed by atoms with Crippen LogP contribution in [0.1, 0.15) is 6.92 Å². The van der Waals surface area contributed by atoms with E-state index in [0.29, 0.717) is 14.7 Å². The van der Waals surface area contributed by atoms with Crippen molar-refractivity contribution >= 4 is 43.3 Å². The van der Waals surface area contributed by atoms with Gasteiger partial charge < -0.3 is 4.74 Å². The van der Waals surface area contributed by atoms with Crippen molar-refractivity contribution in [3.8, 4) is 5.75 Å². The Balaban J connectivity index is 3.03. The van der Waals surface area contributed by atoms with Gasteiger partial charge in [0, 0.05) is 12.1 Å². The van der Waals surface area contributed by atoms with Crippen LogP contribution < -0.4 is 4.74 Å². The predicted molar refractivity (Wildman–Crippen MR) is 64.7 cm³/mol. The average molecular weight is 353 g/mol. The Kier molecular flexibility index (Phi) is 4.43. The first-order valence-electron chi connectivity index (χ1n) is 4.17. The summed E-state index contributed by atoms with van der Waals surface area (Å²) >= 11 is 6.29. The van der Waals surface area contributed by atoms with Gasteiger partial charge in [-0.05, 0) is 38.8 Å². The summed E-state index contributed by atoms with van der Waals surface area (Å²) in [7, 11) is 0. The summed E-state index contributed by atoms with van der Waals surface area (Å²) in [6.45, 7) is 1.32. The number of nitro groups is 1. The van der Waals surface area contributed by atoms with Crippen molar-refractivity contribution < 1.29 is 14.5 Å². The lowest BCUT2D eigenvalue weighted by Gasteiger charge is -2.08. The fourth-order valence-electron chi connectivity index (χ4n) is 0.964. The number of hydrogen-bond acceptors (Lipinski definition) is 4. The molecule has 0 spiro atoms. The molecule has 0 fully saturated rings. The van der Waals surface area contributed by atoms with Crippen LogP contribution in [0.4, 0.5) is 5.69 Å². The van der Waals surface area contributed by atoms with Crippen LogP contribution in [0.2, 0.25) is 0 Å². The molecule has 0 saturated carbocycles. The Hall–Kier alpha value is -0.950. The second-order valence-electron chi connectivity index (χ2n) is 2.99. The highest BCUT2D eigenvalue weighted by molar-refractivity contribution is 9.11. The fraction of sp³-hybridized carbons (Fsp3) is 0.222. The molecule has 0 bridgehead atoms. The summed E-state index contributed by atoms with van der Waals surface area (Å²) in [5, 5.41) is 10.6. The van der Waals surface area contributed by atoms with Crippen LogP contribution in [0.5, 0.6) is 5.75 Å². The van der Waals surface area contributed by atoms with Crippen molar-refractivity contribution in [2.45, 2.75) is 6.92 Å². The molecule has 0 aromatic heterocycles. The predicted octanol–water partition coefficient (Wildman–Crippen LogP) is 3.09. The molecule has 16 heavy (non-hydrogen) atoms. The maximum absolute atomic E-state index is 10.8. The molecular weight excluding hydrogens is 346 g/mol. The SMILES string of the molecule is CC(=O)COc1c(Br)cc([N+](=O)[O-])cc1Br. The van der Waals surface area contributed by atoms with Gasteiger partial charge in [0.15, 0.2) is 5.78 Å². The van der Waals surface area contributed by atoms with E-state index in [2.05, 4.69) is 31.9 Å². The Morgan fingerprint density at radius 2 is 1.94 bits per heavy atom. The zero-order valence-electron chi connectivity index (χ0n) is 8.20. The van der Waals surface area contributed by atoms with Gasteiger partial charge in [0.2, 0.25) is 0 Å². The monoisotopic (exact) mass is 351 g/mol. The third-order valence-corrected chi connectivity index (χ3v) is 2.79. The number of rotatable bonds is 4. The largest absolute Gasteiger partial charge is 0.483 e. The molecule has 7 heteroatoms. The highest BCUT2D eigenvalue weighted by Crippen LogP contribution is 2.37. The summed E-state index contributed by atoms with van der Waals surface area (Å²) < 4.78 is 6.05. The minimum Gasteiger partial charge on any atom is -0.483 e. The standard InChI is InChI=1S/C9H7Br2NO4/c1-5(13)4-16-9-7(10)2-6(12(14)15)3-8(9)11/h2-3H,4H2,1H3. The van der Waals surface area contributed by atoms with Crippen LogP contribution in [0, 0.1) is 10.1 Å². The molecule has 0 aliphatic carbocycles.